The lowest BCUT2D eigenvalue weighted by atomic mass is 10.1. The Labute approximate surface area is 56.0 Å². The third kappa shape index (κ3) is 1.93. The molecule has 2 unspecified atom stereocenters. The average Bonchev–Trinajstić information content (AvgIpc) is 1.90. The molecule has 3 heteroatoms. The zero-order chi connectivity index (χ0) is 6.69. The fraction of sp³-hybridized carbons (Fsp3) is 0.833. The van der Waals surface area contributed by atoms with Gasteiger partial charge in [0.05, 0.1) is 0 Å². The van der Waals surface area contributed by atoms with Crippen LogP contribution in [0.3, 0.4) is 0 Å². The maximum atomic E-state index is 5.55. The second kappa shape index (κ2) is 3.15. The van der Waals surface area contributed by atoms with E-state index in [1.54, 1.807) is 0 Å². The Hall–Kier alpha value is -0.120. The first-order chi connectivity index (χ1) is 4.30. The molecule has 9 heavy (non-hydrogen) atoms. The summed E-state index contributed by atoms with van der Waals surface area (Å²) in [6.07, 6.45) is 0. The van der Waals surface area contributed by atoms with Crippen molar-refractivity contribution in [1.82, 2.24) is 10.6 Å². The molecule has 1 aliphatic rings. The van der Waals surface area contributed by atoms with Crippen molar-refractivity contribution in [2.24, 2.45) is 5.73 Å². The summed E-state index contributed by atoms with van der Waals surface area (Å²) in [5.41, 5.74) is 5.55. The summed E-state index contributed by atoms with van der Waals surface area (Å²) in [4.78, 5) is 0. The van der Waals surface area contributed by atoms with Gasteiger partial charge in [0.2, 0.25) is 0 Å². The Bertz CT molecular complexity index is 76.4. The molecule has 0 bridgehead atoms. The Kier molecular flexibility index (Phi) is 2.45. The van der Waals surface area contributed by atoms with Crippen LogP contribution in [-0.4, -0.2) is 31.7 Å². The van der Waals surface area contributed by atoms with E-state index in [2.05, 4.69) is 17.6 Å². The van der Waals surface area contributed by atoms with Crippen molar-refractivity contribution < 1.29 is 0 Å². The monoisotopic (exact) mass is 128 g/mol. The lowest BCUT2D eigenvalue weighted by Gasteiger charge is -2.27. The molecular formula is C6H14N3. The molecule has 1 aliphatic heterocycles. The van der Waals surface area contributed by atoms with Gasteiger partial charge >= 0.3 is 0 Å². The Morgan fingerprint density at radius 3 is 2.67 bits per heavy atom. The third-order valence-corrected chi connectivity index (χ3v) is 1.59. The van der Waals surface area contributed by atoms with E-state index >= 15 is 0 Å². The van der Waals surface area contributed by atoms with Crippen LogP contribution in [0.15, 0.2) is 0 Å². The van der Waals surface area contributed by atoms with Gasteiger partial charge in [-0.2, -0.15) is 0 Å². The van der Waals surface area contributed by atoms with Crippen LogP contribution >= 0.6 is 0 Å². The fourth-order valence-corrected chi connectivity index (χ4v) is 0.978. The number of hydrogen-bond acceptors (Lipinski definition) is 3. The Morgan fingerprint density at radius 2 is 2.33 bits per heavy atom. The van der Waals surface area contributed by atoms with Gasteiger partial charge in [-0.3, -0.25) is 0 Å². The average molecular weight is 128 g/mol. The van der Waals surface area contributed by atoms with Crippen LogP contribution in [0, 0.1) is 6.92 Å². The molecule has 1 heterocycles. The number of hydrogen-bond donors (Lipinski definition) is 3. The van der Waals surface area contributed by atoms with Crippen LogP contribution in [0.1, 0.15) is 0 Å². The normalized spacial score (nSPS) is 32.0. The molecule has 0 saturated carbocycles. The van der Waals surface area contributed by atoms with E-state index < -0.39 is 0 Å². The second-order valence-electron chi connectivity index (χ2n) is 2.43. The Morgan fingerprint density at radius 1 is 1.56 bits per heavy atom. The molecule has 0 aromatic rings. The molecule has 1 fully saturated rings. The van der Waals surface area contributed by atoms with Gasteiger partial charge in [0.25, 0.3) is 0 Å². The fourth-order valence-electron chi connectivity index (χ4n) is 0.978. The summed E-state index contributed by atoms with van der Waals surface area (Å²) in [6.45, 7) is 6.74. The summed E-state index contributed by atoms with van der Waals surface area (Å²) >= 11 is 0. The number of nitrogens with one attached hydrogen (secondary N) is 2. The van der Waals surface area contributed by atoms with Crippen LogP contribution in [0.4, 0.5) is 0 Å². The van der Waals surface area contributed by atoms with E-state index in [0.717, 1.165) is 19.6 Å². The number of rotatable bonds is 1. The lowest BCUT2D eigenvalue weighted by Crippen LogP contribution is -2.55. The second-order valence-corrected chi connectivity index (χ2v) is 2.43. The van der Waals surface area contributed by atoms with Crippen LogP contribution in [0.5, 0.6) is 0 Å². The van der Waals surface area contributed by atoms with Gasteiger partial charge < -0.3 is 16.4 Å². The molecule has 3 nitrogen and oxygen atoms in total. The molecule has 0 aromatic carbocycles. The van der Waals surface area contributed by atoms with Crippen molar-refractivity contribution in [1.29, 1.82) is 0 Å². The van der Waals surface area contributed by atoms with Gasteiger partial charge in [0.15, 0.2) is 0 Å². The van der Waals surface area contributed by atoms with Crippen LogP contribution in [0.25, 0.3) is 0 Å². The summed E-state index contributed by atoms with van der Waals surface area (Å²) in [5, 5.41) is 6.50. The summed E-state index contributed by atoms with van der Waals surface area (Å²) < 4.78 is 0. The first kappa shape index (κ1) is 6.99. The van der Waals surface area contributed by atoms with E-state index in [0.29, 0.717) is 6.04 Å². The molecule has 2 atom stereocenters. The molecule has 4 N–H and O–H groups in total. The highest BCUT2D eigenvalue weighted by atomic mass is 15.1. The Balaban J connectivity index is 2.23. The highest BCUT2D eigenvalue weighted by Crippen LogP contribution is 1.89. The first-order valence-corrected chi connectivity index (χ1v) is 3.33. The first-order valence-electron chi connectivity index (χ1n) is 3.33. The van der Waals surface area contributed by atoms with Crippen LogP contribution < -0.4 is 16.4 Å². The molecule has 0 amide bonds. The minimum Gasteiger partial charge on any atom is -0.326 e. The van der Waals surface area contributed by atoms with Crippen molar-refractivity contribution >= 4 is 0 Å². The van der Waals surface area contributed by atoms with Crippen molar-refractivity contribution in [3.05, 3.63) is 6.92 Å². The van der Waals surface area contributed by atoms with Crippen LogP contribution in [0.2, 0.25) is 0 Å². The van der Waals surface area contributed by atoms with E-state index in [1.165, 1.54) is 0 Å². The zero-order valence-electron chi connectivity index (χ0n) is 5.56. The van der Waals surface area contributed by atoms with E-state index in [-0.39, 0.29) is 6.04 Å². The molecule has 0 aromatic heterocycles. The third-order valence-electron chi connectivity index (χ3n) is 1.59. The molecule has 0 aliphatic carbocycles. The van der Waals surface area contributed by atoms with Crippen LogP contribution in [-0.2, 0) is 0 Å². The van der Waals surface area contributed by atoms with Gasteiger partial charge in [-0.05, 0) is 6.92 Å². The maximum absolute atomic E-state index is 5.55. The standard InChI is InChI=1S/C6H14N3/c1-5(7)6-4-8-2-3-9-6/h5-6,8-9H,1-4,7H2. The van der Waals surface area contributed by atoms with Gasteiger partial charge in [-0.15, -0.1) is 0 Å². The molecule has 1 radical (unpaired) electrons. The number of nitrogens with two attached hydrogens (primary N) is 1. The topological polar surface area (TPSA) is 50.1 Å². The maximum Gasteiger partial charge on any atom is 0.0344 e. The van der Waals surface area contributed by atoms with Crippen molar-refractivity contribution in [3.63, 3.8) is 0 Å². The molecule has 1 saturated heterocycles. The van der Waals surface area contributed by atoms with Gasteiger partial charge in [0.1, 0.15) is 0 Å². The predicted molar refractivity (Wildman–Crippen MR) is 38.0 cm³/mol. The SMILES string of the molecule is [CH2]C(N)C1CNCCN1. The van der Waals surface area contributed by atoms with Crippen molar-refractivity contribution in [2.75, 3.05) is 19.6 Å². The van der Waals surface area contributed by atoms with E-state index in [9.17, 15) is 0 Å². The lowest BCUT2D eigenvalue weighted by molar-refractivity contribution is 0.392. The number of piperazine rings is 1. The van der Waals surface area contributed by atoms with Gasteiger partial charge in [-0.25, -0.2) is 0 Å². The quantitative estimate of drug-likeness (QED) is 0.412. The van der Waals surface area contributed by atoms with Gasteiger partial charge in [0, 0.05) is 31.7 Å². The zero-order valence-corrected chi connectivity index (χ0v) is 5.56. The van der Waals surface area contributed by atoms with Gasteiger partial charge in [-0.1, -0.05) is 0 Å². The molecular weight excluding hydrogens is 114 g/mol. The summed E-state index contributed by atoms with van der Waals surface area (Å²) in [5.74, 6) is 0. The summed E-state index contributed by atoms with van der Waals surface area (Å²) in [7, 11) is 0. The summed E-state index contributed by atoms with van der Waals surface area (Å²) in [6, 6.07) is 0.372. The minimum atomic E-state index is 0.0119. The van der Waals surface area contributed by atoms with E-state index in [1.807, 2.05) is 0 Å². The largest absolute Gasteiger partial charge is 0.326 e. The highest BCUT2D eigenvalue weighted by molar-refractivity contribution is 4.85. The predicted octanol–water partition coefficient (Wildman–Crippen LogP) is -1.29. The molecule has 0 spiro atoms. The van der Waals surface area contributed by atoms with E-state index in [4.69, 9.17) is 5.73 Å². The smallest absolute Gasteiger partial charge is 0.0344 e. The highest BCUT2D eigenvalue weighted by Gasteiger charge is 2.14. The molecule has 1 rings (SSSR count). The minimum absolute atomic E-state index is 0.0119. The van der Waals surface area contributed by atoms with Crippen molar-refractivity contribution in [3.8, 4) is 0 Å². The van der Waals surface area contributed by atoms with Crippen molar-refractivity contribution in [2.45, 2.75) is 12.1 Å². The molecule has 53 valence electrons.